The van der Waals surface area contributed by atoms with Crippen molar-refractivity contribution in [2.75, 3.05) is 26.2 Å². The van der Waals surface area contributed by atoms with E-state index in [1.54, 1.807) is 0 Å². The van der Waals surface area contributed by atoms with Crippen LogP contribution in [0.25, 0.3) is 0 Å². The Hall–Kier alpha value is 3.38. The summed E-state index contributed by atoms with van der Waals surface area (Å²) in [7, 11) is -67.0. The van der Waals surface area contributed by atoms with Gasteiger partial charge in [-0.05, 0) is 7.60 Å². The molecule has 0 aromatic carbocycles. The first-order valence-corrected chi connectivity index (χ1v) is 28.7. The summed E-state index contributed by atoms with van der Waals surface area (Å²) in [5.41, 5.74) is -20.3. The van der Waals surface area contributed by atoms with Crippen molar-refractivity contribution in [3.05, 3.63) is 0 Å². The van der Waals surface area contributed by atoms with Crippen LogP contribution < -0.4 is 68.9 Å². The van der Waals surface area contributed by atoms with E-state index in [0.717, 1.165) is 0 Å². The molecule has 18 N–H and O–H groups in total. The Morgan fingerprint density at radius 1 is 0.315 bits per heavy atom. The third kappa shape index (κ3) is 18.8. The summed E-state index contributed by atoms with van der Waals surface area (Å²) < 4.78 is 121. The van der Waals surface area contributed by atoms with Crippen molar-refractivity contribution < 1.29 is 203 Å². The molecule has 0 heterocycles. The monoisotopic (exact) mass is 1020 g/mol. The minimum absolute atomic E-state index is 0. The van der Waals surface area contributed by atoms with Crippen molar-refractivity contribution in [3.8, 4) is 0 Å². The molecule has 0 aliphatic carbocycles. The van der Waals surface area contributed by atoms with Crippen LogP contribution in [0.1, 0.15) is 0 Å². The normalized spacial score (nSPS) is 15.8. The van der Waals surface area contributed by atoms with Gasteiger partial charge < -0.3 is 102 Å². The molecular weight excluding hydrogens is 986 g/mol. The molecule has 0 saturated carbocycles. The molecule has 45 heteroatoms. The van der Waals surface area contributed by atoms with Gasteiger partial charge in [0.05, 0.1) is 0 Å². The molecule has 0 aromatic heterocycles. The van der Waals surface area contributed by atoms with Gasteiger partial charge >= 0.3 is 127 Å². The molecule has 0 amide bonds. The van der Waals surface area contributed by atoms with Crippen LogP contribution in [-0.2, 0) is 45.7 Å². The van der Waals surface area contributed by atoms with Gasteiger partial charge in [0.2, 0.25) is 22.1 Å². The van der Waals surface area contributed by atoms with Gasteiger partial charge in [-0.3, -0.25) is 55.8 Å². The molecule has 0 aliphatic heterocycles. The van der Waals surface area contributed by atoms with Gasteiger partial charge in [-0.2, -0.15) is 0 Å². The maximum Gasteiger partial charge on any atom is 1.00 e. The van der Waals surface area contributed by atoms with E-state index in [-0.39, 0.29) is 59.1 Å². The van der Waals surface area contributed by atoms with Crippen LogP contribution in [0.15, 0.2) is 0 Å². The van der Waals surface area contributed by atoms with Crippen molar-refractivity contribution >= 4 is 76.0 Å². The quantitative estimate of drug-likeness (QED) is 0.0375. The topological polar surface area (TPSA) is 591 Å². The molecule has 0 aliphatic rings. The van der Waals surface area contributed by atoms with E-state index in [4.69, 9.17) is 0 Å². The first-order valence-electron chi connectivity index (χ1n) is 11.9. The van der Waals surface area contributed by atoms with Gasteiger partial charge in [0.1, 0.15) is 5.52 Å². The standard InChI is InChI=1S/C9H33N3O30P10.2Na/c13-43(14,15)5(44(16,17)18)10(1-3-11(6(45(19,20)21)46(22,23)24)7(47(25,26)27)48(28,29)30)2-4-12(8(49(31,32)33)50(34,35)36)9(51(37,38)39)52(40,41)42;;/h5-9H,1-4H2,(H2,13,14,15)(H2,16,17,18)(H2,19,20,21)(H2,22,23,24)(H2,25,26,27)(H2,28,29,30)(H2,31,32,33)(H2,34,35,36)(H2,37,38,39)(H2,40,41,42);;/q;2*+1/p-2. The van der Waals surface area contributed by atoms with E-state index in [2.05, 4.69) is 0 Å². The zero-order valence-corrected chi connectivity index (χ0v) is 39.4. The van der Waals surface area contributed by atoms with Crippen molar-refractivity contribution in [1.29, 1.82) is 0 Å². The molecular formula is C9H31N3Na2O30P10. The number of hydrogen-bond acceptors (Lipinski definition) is 15. The van der Waals surface area contributed by atoms with E-state index < -0.39 is 144 Å². The molecule has 1 unspecified atom stereocenters. The van der Waals surface area contributed by atoms with Crippen molar-refractivity contribution in [2.24, 2.45) is 0 Å². The molecule has 0 radical (unpaired) electrons. The first kappa shape index (κ1) is 61.7. The van der Waals surface area contributed by atoms with Crippen LogP contribution >= 0.6 is 76.0 Å². The molecule has 0 aromatic rings. The summed E-state index contributed by atoms with van der Waals surface area (Å²) in [5, 5.41) is 0. The number of rotatable bonds is 21. The fourth-order valence-corrected chi connectivity index (χ4v) is 19.4. The number of nitrogens with zero attached hydrogens (tertiary/aromatic N) is 3. The predicted octanol–water partition coefficient (Wildman–Crippen LogP) is -12.2. The fourth-order valence-electron chi connectivity index (χ4n) is 4.46. The fraction of sp³-hybridized carbons (Fsp3) is 1.00. The molecule has 0 bridgehead atoms. The van der Waals surface area contributed by atoms with Gasteiger partial charge in [0, 0.05) is 26.2 Å². The maximum atomic E-state index is 12.2. The molecule has 0 fully saturated rings. The molecule has 0 spiro atoms. The SMILES string of the molecule is O=P([O-])([O-])C(N(CCN(CCN(C(P(=O)(O)O)P(=O)(O)O)C(P(=O)(O)O)P(=O)(O)O)C(P(=O)(O)O)P(=O)(O)O)C(P(=O)(O)O)P(=O)(O)O)P(=O)(O)O.[Na+].[Na+]. The Morgan fingerprint density at radius 3 is 0.630 bits per heavy atom. The van der Waals surface area contributed by atoms with Gasteiger partial charge in [0.25, 0.3) is 0 Å². The van der Waals surface area contributed by atoms with Crippen LogP contribution in [0, 0.1) is 0 Å². The summed E-state index contributed by atoms with van der Waals surface area (Å²) in [6.45, 7) is -8.76. The molecule has 0 rings (SSSR count). The largest absolute Gasteiger partial charge is 1.00 e. The molecule has 0 saturated heterocycles. The minimum atomic E-state index is -7.13. The maximum absolute atomic E-state index is 12.2. The van der Waals surface area contributed by atoms with Crippen LogP contribution in [0.4, 0.5) is 0 Å². The molecule has 33 nitrogen and oxygen atoms in total. The Kier molecular flexibility index (Phi) is 23.7. The molecule has 1 atom stereocenters. The van der Waals surface area contributed by atoms with Gasteiger partial charge in [-0.25, -0.2) is 0 Å². The predicted molar refractivity (Wildman–Crippen MR) is 160 cm³/mol. The Labute approximate surface area is 344 Å². The third-order valence-electron chi connectivity index (χ3n) is 5.79. The van der Waals surface area contributed by atoms with E-state index in [9.17, 15) is 144 Å². The summed E-state index contributed by atoms with van der Waals surface area (Å²) >= 11 is 0. The van der Waals surface area contributed by atoms with Crippen molar-refractivity contribution in [1.82, 2.24) is 14.7 Å². The average Bonchev–Trinajstić information content (AvgIpc) is 2.70. The Balaban J connectivity index is -0.0000130. The second-order valence-electron chi connectivity index (χ2n) is 10.1. The van der Waals surface area contributed by atoms with Gasteiger partial charge in [0.15, 0.2) is 0 Å². The third-order valence-corrected chi connectivity index (χ3v) is 23.8. The second-order valence-corrected chi connectivity index (χ2v) is 28.7. The van der Waals surface area contributed by atoms with Crippen molar-refractivity contribution in [2.45, 2.75) is 27.6 Å². The first-order chi connectivity index (χ1) is 22.2. The summed E-state index contributed by atoms with van der Waals surface area (Å²) in [5.74, 6) is 0. The van der Waals surface area contributed by atoms with Crippen molar-refractivity contribution in [3.63, 3.8) is 0 Å². The summed E-state index contributed by atoms with van der Waals surface area (Å²) in [4.78, 5) is 194. The van der Waals surface area contributed by atoms with E-state index in [0.29, 0.717) is 0 Å². The second kappa shape index (κ2) is 20.7. The zero-order valence-electron chi connectivity index (χ0n) is 26.5. The smallest absolute Gasteiger partial charge is 0.809 e. The zero-order chi connectivity index (χ0) is 42.4. The summed E-state index contributed by atoms with van der Waals surface area (Å²) in [6, 6.07) is 0. The Morgan fingerprint density at radius 2 is 0.481 bits per heavy atom. The van der Waals surface area contributed by atoms with E-state index in [1.807, 2.05) is 0 Å². The minimum Gasteiger partial charge on any atom is -0.809 e. The average molecular weight is 1020 g/mol. The van der Waals surface area contributed by atoms with Crippen LogP contribution in [0.5, 0.6) is 0 Å². The van der Waals surface area contributed by atoms with E-state index in [1.165, 1.54) is 0 Å². The van der Waals surface area contributed by atoms with Gasteiger partial charge in [-0.15, -0.1) is 0 Å². The van der Waals surface area contributed by atoms with E-state index >= 15 is 0 Å². The van der Waals surface area contributed by atoms with Crippen LogP contribution in [0.3, 0.4) is 0 Å². The number of hydrogen-bond donors (Lipinski definition) is 18. The summed E-state index contributed by atoms with van der Waals surface area (Å²) in [6.07, 6.45) is 0. The van der Waals surface area contributed by atoms with Crippen LogP contribution in [0.2, 0.25) is 0 Å². The Bertz CT molecular complexity index is 1460. The van der Waals surface area contributed by atoms with Crippen LogP contribution in [-0.4, -0.2) is 157 Å². The molecule has 54 heavy (non-hydrogen) atoms. The molecule has 314 valence electrons. The van der Waals surface area contributed by atoms with Gasteiger partial charge in [-0.1, -0.05) is 0 Å².